The molecule has 0 atom stereocenters. The van der Waals surface area contributed by atoms with Crippen molar-refractivity contribution in [3.05, 3.63) is 52.8 Å². The highest BCUT2D eigenvalue weighted by molar-refractivity contribution is 5.92. The zero-order valence-electron chi connectivity index (χ0n) is 11.9. The fourth-order valence-corrected chi connectivity index (χ4v) is 1.98. The first kappa shape index (κ1) is 14.3. The van der Waals surface area contributed by atoms with Crippen LogP contribution in [-0.4, -0.2) is 15.7 Å². The molecule has 0 saturated heterocycles. The lowest BCUT2D eigenvalue weighted by Gasteiger charge is -2.06. The Morgan fingerprint density at radius 1 is 1.30 bits per heavy atom. The third-order valence-corrected chi connectivity index (χ3v) is 3.24. The van der Waals surface area contributed by atoms with Gasteiger partial charge in [0.15, 0.2) is 0 Å². The second-order valence-corrected chi connectivity index (χ2v) is 4.70. The van der Waals surface area contributed by atoms with Crippen LogP contribution in [0.15, 0.2) is 30.3 Å². The van der Waals surface area contributed by atoms with Crippen LogP contribution in [-0.2, 0) is 26.6 Å². The number of hydrogen-bond acceptors (Lipinski definition) is 3. The molecule has 1 aromatic carbocycles. The second-order valence-electron chi connectivity index (χ2n) is 4.70. The number of carbonyl (C=O) groups excluding carboxylic acids is 1. The van der Waals surface area contributed by atoms with E-state index in [0.717, 1.165) is 23.2 Å². The molecule has 0 aliphatic carbocycles. The Kier molecular flexibility index (Phi) is 4.53. The van der Waals surface area contributed by atoms with Crippen LogP contribution in [0.1, 0.15) is 34.2 Å². The average molecular weight is 272 g/mol. The normalized spacial score (nSPS) is 10.6. The van der Waals surface area contributed by atoms with Gasteiger partial charge in [-0.3, -0.25) is 9.48 Å². The van der Waals surface area contributed by atoms with Crippen molar-refractivity contribution in [2.75, 3.05) is 0 Å². The zero-order chi connectivity index (χ0) is 14.5. The van der Waals surface area contributed by atoms with Crippen molar-refractivity contribution in [1.82, 2.24) is 15.1 Å². The molecule has 0 fully saturated rings. The lowest BCUT2D eigenvalue weighted by atomic mass is 10.1. The molecule has 106 valence electrons. The van der Waals surface area contributed by atoms with Crippen LogP contribution < -0.4 is 11.1 Å². The Morgan fingerprint density at radius 3 is 2.50 bits per heavy atom. The highest BCUT2D eigenvalue weighted by atomic mass is 16.2. The molecule has 0 bridgehead atoms. The summed E-state index contributed by atoms with van der Waals surface area (Å²) in [6, 6.07) is 9.72. The molecule has 0 radical (unpaired) electrons. The number of carbonyl (C=O) groups is 1. The van der Waals surface area contributed by atoms with Gasteiger partial charge in [0.25, 0.3) is 5.91 Å². The zero-order valence-corrected chi connectivity index (χ0v) is 11.9. The smallest absolute Gasteiger partial charge is 0.269 e. The number of rotatable bonds is 5. The number of benzene rings is 1. The topological polar surface area (TPSA) is 72.9 Å². The van der Waals surface area contributed by atoms with Gasteiger partial charge in [0.05, 0.1) is 5.69 Å². The van der Waals surface area contributed by atoms with Gasteiger partial charge in [-0.15, -0.1) is 0 Å². The van der Waals surface area contributed by atoms with E-state index in [0.29, 0.717) is 18.8 Å². The molecule has 0 spiro atoms. The van der Waals surface area contributed by atoms with E-state index in [1.165, 1.54) is 0 Å². The standard InChI is InChI=1S/C15H20N4O/c1-3-13-8-14(19(2)18-13)15(20)17-10-12-6-4-11(9-16)5-7-12/h4-8H,3,9-10,16H2,1-2H3,(H,17,20). The number of nitrogens with zero attached hydrogens (tertiary/aromatic N) is 2. The Morgan fingerprint density at radius 2 is 1.95 bits per heavy atom. The molecule has 5 heteroatoms. The number of nitrogens with one attached hydrogen (secondary N) is 1. The predicted molar refractivity (Wildman–Crippen MR) is 78.1 cm³/mol. The summed E-state index contributed by atoms with van der Waals surface area (Å²) in [6.07, 6.45) is 0.821. The van der Waals surface area contributed by atoms with Gasteiger partial charge in [-0.2, -0.15) is 5.10 Å². The van der Waals surface area contributed by atoms with Crippen LogP contribution in [0.25, 0.3) is 0 Å². The maximum atomic E-state index is 12.1. The summed E-state index contributed by atoms with van der Waals surface area (Å²) in [6.45, 7) is 3.04. The molecular formula is C15H20N4O. The highest BCUT2D eigenvalue weighted by Gasteiger charge is 2.12. The largest absolute Gasteiger partial charge is 0.347 e. The van der Waals surface area contributed by atoms with Gasteiger partial charge in [0, 0.05) is 20.1 Å². The van der Waals surface area contributed by atoms with Crippen molar-refractivity contribution in [2.24, 2.45) is 12.8 Å². The number of aryl methyl sites for hydroxylation is 2. The van der Waals surface area contributed by atoms with E-state index in [-0.39, 0.29) is 5.91 Å². The van der Waals surface area contributed by atoms with Crippen molar-refractivity contribution in [3.63, 3.8) is 0 Å². The first-order valence-electron chi connectivity index (χ1n) is 6.73. The molecule has 3 N–H and O–H groups in total. The quantitative estimate of drug-likeness (QED) is 0.863. The number of aromatic nitrogens is 2. The van der Waals surface area contributed by atoms with Crippen LogP contribution in [0, 0.1) is 0 Å². The summed E-state index contributed by atoms with van der Waals surface area (Å²) in [5.74, 6) is -0.109. The molecule has 2 aromatic rings. The first-order chi connectivity index (χ1) is 9.63. The molecule has 0 saturated carbocycles. The summed E-state index contributed by atoms with van der Waals surface area (Å²) in [5.41, 5.74) is 9.19. The van der Waals surface area contributed by atoms with Crippen LogP contribution in [0.4, 0.5) is 0 Å². The van der Waals surface area contributed by atoms with Crippen LogP contribution in [0.2, 0.25) is 0 Å². The summed E-state index contributed by atoms with van der Waals surface area (Å²) in [7, 11) is 1.78. The fraction of sp³-hybridized carbons (Fsp3) is 0.333. The Bertz CT molecular complexity index is 586. The number of hydrogen-bond donors (Lipinski definition) is 2. The van der Waals surface area contributed by atoms with Gasteiger partial charge in [0.1, 0.15) is 5.69 Å². The number of nitrogens with two attached hydrogens (primary N) is 1. The minimum absolute atomic E-state index is 0.109. The predicted octanol–water partition coefficient (Wildman–Crippen LogP) is 1.37. The third-order valence-electron chi connectivity index (χ3n) is 3.24. The van der Waals surface area contributed by atoms with Crippen molar-refractivity contribution in [1.29, 1.82) is 0 Å². The maximum absolute atomic E-state index is 12.1. The van der Waals surface area contributed by atoms with Gasteiger partial charge >= 0.3 is 0 Å². The second kappa shape index (κ2) is 6.34. The summed E-state index contributed by atoms with van der Waals surface area (Å²) >= 11 is 0. The van der Waals surface area contributed by atoms with E-state index < -0.39 is 0 Å². The average Bonchev–Trinajstić information content (AvgIpc) is 2.86. The molecule has 2 rings (SSSR count). The molecule has 0 aliphatic rings. The molecule has 20 heavy (non-hydrogen) atoms. The molecule has 1 heterocycles. The monoisotopic (exact) mass is 272 g/mol. The van der Waals surface area contributed by atoms with Crippen molar-refractivity contribution >= 4 is 5.91 Å². The highest BCUT2D eigenvalue weighted by Crippen LogP contribution is 2.06. The summed E-state index contributed by atoms with van der Waals surface area (Å²) in [5, 5.41) is 7.17. The maximum Gasteiger partial charge on any atom is 0.269 e. The third kappa shape index (κ3) is 3.24. The Labute approximate surface area is 118 Å². The van der Waals surface area contributed by atoms with E-state index >= 15 is 0 Å². The molecular weight excluding hydrogens is 252 g/mol. The van der Waals surface area contributed by atoms with Crippen LogP contribution in [0.3, 0.4) is 0 Å². The van der Waals surface area contributed by atoms with Crippen molar-refractivity contribution in [3.8, 4) is 0 Å². The summed E-state index contributed by atoms with van der Waals surface area (Å²) < 4.78 is 1.62. The minimum atomic E-state index is -0.109. The van der Waals surface area contributed by atoms with Gasteiger partial charge < -0.3 is 11.1 Å². The molecule has 1 amide bonds. The van der Waals surface area contributed by atoms with Gasteiger partial charge in [-0.25, -0.2) is 0 Å². The minimum Gasteiger partial charge on any atom is -0.347 e. The van der Waals surface area contributed by atoms with E-state index in [4.69, 9.17) is 5.73 Å². The van der Waals surface area contributed by atoms with Crippen LogP contribution in [0.5, 0.6) is 0 Å². The van der Waals surface area contributed by atoms with E-state index in [2.05, 4.69) is 10.4 Å². The van der Waals surface area contributed by atoms with Gasteiger partial charge in [-0.05, 0) is 23.6 Å². The number of amides is 1. The Hall–Kier alpha value is -2.14. The molecule has 5 nitrogen and oxygen atoms in total. The molecule has 0 unspecified atom stereocenters. The van der Waals surface area contributed by atoms with E-state index in [1.54, 1.807) is 11.7 Å². The lowest BCUT2D eigenvalue weighted by Crippen LogP contribution is -2.25. The van der Waals surface area contributed by atoms with Gasteiger partial charge in [0.2, 0.25) is 0 Å². The Balaban J connectivity index is 1.98. The van der Waals surface area contributed by atoms with Crippen molar-refractivity contribution in [2.45, 2.75) is 26.4 Å². The molecule has 0 aliphatic heterocycles. The summed E-state index contributed by atoms with van der Waals surface area (Å²) in [4.78, 5) is 12.1. The van der Waals surface area contributed by atoms with E-state index in [1.807, 2.05) is 37.3 Å². The molecule has 1 aromatic heterocycles. The van der Waals surface area contributed by atoms with Crippen LogP contribution >= 0.6 is 0 Å². The SMILES string of the molecule is CCc1cc(C(=O)NCc2ccc(CN)cc2)n(C)n1. The first-order valence-corrected chi connectivity index (χ1v) is 6.73. The lowest BCUT2D eigenvalue weighted by molar-refractivity contribution is 0.0941. The van der Waals surface area contributed by atoms with Crippen molar-refractivity contribution < 1.29 is 4.79 Å². The van der Waals surface area contributed by atoms with E-state index in [9.17, 15) is 4.79 Å². The van der Waals surface area contributed by atoms with Gasteiger partial charge in [-0.1, -0.05) is 31.2 Å². The fourth-order valence-electron chi connectivity index (χ4n) is 1.98.